The Balaban J connectivity index is 1.83. The Bertz CT molecular complexity index is 957. The molecule has 0 unspecified atom stereocenters. The lowest BCUT2D eigenvalue weighted by atomic mass is 9.91. The van der Waals surface area contributed by atoms with Crippen LogP contribution in [0.4, 0.5) is 15.8 Å². The molecule has 27 heavy (non-hydrogen) atoms. The monoisotopic (exact) mass is 360 g/mol. The zero-order chi connectivity index (χ0) is 18.8. The Hall–Kier alpha value is -3.14. The van der Waals surface area contributed by atoms with Crippen molar-refractivity contribution >= 4 is 17.3 Å². The number of anilines is 2. The van der Waals surface area contributed by atoms with Gasteiger partial charge in [-0.05, 0) is 55.3 Å². The maximum Gasteiger partial charge on any atom is 0.258 e. The van der Waals surface area contributed by atoms with Gasteiger partial charge in [-0.25, -0.2) is 4.39 Å². The highest BCUT2D eigenvalue weighted by atomic mass is 19.1. The number of amides is 1. The first-order chi connectivity index (χ1) is 13.1. The van der Waals surface area contributed by atoms with Gasteiger partial charge in [0.2, 0.25) is 0 Å². The van der Waals surface area contributed by atoms with E-state index in [-0.39, 0.29) is 18.0 Å². The summed E-state index contributed by atoms with van der Waals surface area (Å²) in [7, 11) is 0. The van der Waals surface area contributed by atoms with Crippen LogP contribution in [0.5, 0.6) is 0 Å². The third-order valence-electron chi connectivity index (χ3n) is 4.93. The summed E-state index contributed by atoms with van der Waals surface area (Å²) in [4.78, 5) is 15.2. The molecule has 3 nitrogen and oxygen atoms in total. The number of fused-ring (bicyclic) bond motifs is 1. The van der Waals surface area contributed by atoms with Crippen molar-refractivity contribution in [1.29, 1.82) is 0 Å². The van der Waals surface area contributed by atoms with Gasteiger partial charge >= 0.3 is 0 Å². The fourth-order valence-corrected chi connectivity index (χ4v) is 3.74. The smallest absolute Gasteiger partial charge is 0.258 e. The summed E-state index contributed by atoms with van der Waals surface area (Å²) >= 11 is 0. The van der Waals surface area contributed by atoms with Gasteiger partial charge in [0.15, 0.2) is 0 Å². The summed E-state index contributed by atoms with van der Waals surface area (Å²) in [6.07, 6.45) is 0.771. The van der Waals surface area contributed by atoms with E-state index < -0.39 is 5.82 Å². The van der Waals surface area contributed by atoms with Gasteiger partial charge < -0.3 is 10.2 Å². The van der Waals surface area contributed by atoms with Crippen LogP contribution in [0.2, 0.25) is 0 Å². The molecule has 1 aliphatic heterocycles. The van der Waals surface area contributed by atoms with Crippen LogP contribution >= 0.6 is 0 Å². The summed E-state index contributed by atoms with van der Waals surface area (Å²) in [6.45, 7) is 2.11. The van der Waals surface area contributed by atoms with Gasteiger partial charge in [0.25, 0.3) is 5.91 Å². The first kappa shape index (κ1) is 17.3. The minimum Gasteiger partial charge on any atom is -0.382 e. The van der Waals surface area contributed by atoms with Crippen LogP contribution in [0, 0.1) is 5.82 Å². The molecule has 136 valence electrons. The summed E-state index contributed by atoms with van der Waals surface area (Å²) in [5.74, 6) is -0.609. The van der Waals surface area contributed by atoms with Crippen LogP contribution in [0.1, 0.15) is 35.3 Å². The highest BCUT2D eigenvalue weighted by molar-refractivity contribution is 6.06. The van der Waals surface area contributed by atoms with E-state index in [1.807, 2.05) is 54.6 Å². The van der Waals surface area contributed by atoms with Crippen LogP contribution in [0.25, 0.3) is 0 Å². The second-order valence-corrected chi connectivity index (χ2v) is 6.91. The first-order valence-corrected chi connectivity index (χ1v) is 9.13. The van der Waals surface area contributed by atoms with E-state index in [0.29, 0.717) is 5.56 Å². The molecule has 0 fully saturated rings. The van der Waals surface area contributed by atoms with Gasteiger partial charge in [-0.2, -0.15) is 0 Å². The van der Waals surface area contributed by atoms with Gasteiger partial charge in [-0.15, -0.1) is 0 Å². The molecule has 4 rings (SSSR count). The van der Waals surface area contributed by atoms with E-state index in [9.17, 15) is 9.18 Å². The molecule has 4 heteroatoms. The predicted molar refractivity (Wildman–Crippen MR) is 107 cm³/mol. The van der Waals surface area contributed by atoms with E-state index in [4.69, 9.17) is 0 Å². The Morgan fingerprint density at radius 3 is 2.52 bits per heavy atom. The maximum absolute atomic E-state index is 13.8. The Labute approximate surface area is 158 Å². The average Bonchev–Trinajstić information content (AvgIpc) is 2.69. The number of nitrogens with zero attached hydrogens (tertiary/aromatic N) is 1. The largest absolute Gasteiger partial charge is 0.382 e. The van der Waals surface area contributed by atoms with E-state index in [0.717, 1.165) is 23.4 Å². The lowest BCUT2D eigenvalue weighted by Crippen LogP contribution is -2.40. The molecule has 1 N–H and O–H groups in total. The highest BCUT2D eigenvalue weighted by Gasteiger charge is 2.33. The third kappa shape index (κ3) is 3.43. The van der Waals surface area contributed by atoms with E-state index >= 15 is 0 Å². The van der Waals surface area contributed by atoms with Crippen molar-refractivity contribution in [3.8, 4) is 0 Å². The fourth-order valence-electron chi connectivity index (χ4n) is 3.74. The van der Waals surface area contributed by atoms with Crippen molar-refractivity contribution in [2.24, 2.45) is 0 Å². The number of rotatable bonds is 3. The quantitative estimate of drug-likeness (QED) is 0.676. The Kier molecular flexibility index (Phi) is 4.63. The zero-order valence-corrected chi connectivity index (χ0v) is 15.1. The molecule has 0 aromatic heterocycles. The summed E-state index contributed by atoms with van der Waals surface area (Å²) < 4.78 is 13.8. The number of hydrogen-bond acceptors (Lipinski definition) is 2. The molecular formula is C23H21FN2O. The number of carbonyl (C=O) groups is 1. The van der Waals surface area contributed by atoms with Crippen LogP contribution in [-0.4, -0.2) is 11.9 Å². The van der Waals surface area contributed by atoms with Crippen molar-refractivity contribution in [2.45, 2.75) is 25.4 Å². The molecule has 3 aromatic carbocycles. The van der Waals surface area contributed by atoms with Crippen molar-refractivity contribution in [2.75, 3.05) is 10.2 Å². The van der Waals surface area contributed by atoms with E-state index in [1.165, 1.54) is 12.1 Å². The molecule has 0 bridgehead atoms. The minimum absolute atomic E-state index is 0.129. The zero-order valence-electron chi connectivity index (χ0n) is 15.1. The van der Waals surface area contributed by atoms with Gasteiger partial charge in [0.1, 0.15) is 5.82 Å². The van der Waals surface area contributed by atoms with Crippen LogP contribution in [0.15, 0.2) is 78.9 Å². The topological polar surface area (TPSA) is 32.3 Å². The van der Waals surface area contributed by atoms with Gasteiger partial charge in [-0.3, -0.25) is 4.79 Å². The van der Waals surface area contributed by atoms with Crippen molar-refractivity contribution in [3.63, 3.8) is 0 Å². The second-order valence-electron chi connectivity index (χ2n) is 6.91. The van der Waals surface area contributed by atoms with Gasteiger partial charge in [-0.1, -0.05) is 42.5 Å². The van der Waals surface area contributed by atoms with Crippen LogP contribution < -0.4 is 10.2 Å². The first-order valence-electron chi connectivity index (χ1n) is 9.13. The fraction of sp³-hybridized carbons (Fsp3) is 0.174. The predicted octanol–water partition coefficient (Wildman–Crippen LogP) is 5.42. The SMILES string of the molecule is C[C@@H]1C[C@@H](N(C(=O)c2cccc(F)c2)c2ccccc2)c2ccccc2N1. The normalized spacial score (nSPS) is 18.3. The summed E-state index contributed by atoms with van der Waals surface area (Å²) in [5.41, 5.74) is 3.27. The maximum atomic E-state index is 13.8. The summed E-state index contributed by atoms with van der Waals surface area (Å²) in [5, 5.41) is 3.49. The molecule has 2 atom stereocenters. The lowest BCUT2D eigenvalue weighted by molar-refractivity contribution is 0.0973. The third-order valence-corrected chi connectivity index (χ3v) is 4.93. The van der Waals surface area contributed by atoms with Crippen molar-refractivity contribution in [3.05, 3.63) is 95.8 Å². The average molecular weight is 360 g/mol. The molecule has 0 radical (unpaired) electrons. The standard InChI is InChI=1S/C23H21FN2O/c1-16-14-22(20-12-5-6-13-21(20)25-16)26(19-10-3-2-4-11-19)23(27)17-8-7-9-18(24)15-17/h2-13,15-16,22,25H,14H2,1H3/t16-,22-/m1/s1. The van der Waals surface area contributed by atoms with Gasteiger partial charge in [0.05, 0.1) is 6.04 Å². The van der Waals surface area contributed by atoms with E-state index in [2.05, 4.69) is 12.2 Å². The van der Waals surface area contributed by atoms with Gasteiger partial charge in [0, 0.05) is 23.0 Å². The van der Waals surface area contributed by atoms with Crippen molar-refractivity contribution < 1.29 is 9.18 Å². The molecule has 0 saturated heterocycles. The molecule has 0 aliphatic carbocycles. The number of benzene rings is 3. The molecule has 0 saturated carbocycles. The Morgan fingerprint density at radius 2 is 1.74 bits per heavy atom. The highest BCUT2D eigenvalue weighted by Crippen LogP contribution is 2.39. The Morgan fingerprint density at radius 1 is 1.00 bits per heavy atom. The number of carbonyl (C=O) groups excluding carboxylic acids is 1. The minimum atomic E-state index is -0.409. The van der Waals surface area contributed by atoms with Crippen LogP contribution in [0.3, 0.4) is 0 Å². The number of nitrogens with one attached hydrogen (secondary N) is 1. The number of hydrogen-bond donors (Lipinski definition) is 1. The van der Waals surface area contributed by atoms with E-state index in [1.54, 1.807) is 17.0 Å². The second kappa shape index (κ2) is 7.23. The van der Waals surface area contributed by atoms with Crippen molar-refractivity contribution in [1.82, 2.24) is 0 Å². The molecule has 0 spiro atoms. The van der Waals surface area contributed by atoms with Crippen LogP contribution in [-0.2, 0) is 0 Å². The molecule has 1 aliphatic rings. The molecular weight excluding hydrogens is 339 g/mol. The number of para-hydroxylation sites is 2. The number of halogens is 1. The molecule has 1 heterocycles. The summed E-state index contributed by atoms with van der Waals surface area (Å²) in [6, 6.07) is 23.6. The molecule has 3 aromatic rings. The lowest BCUT2D eigenvalue weighted by Gasteiger charge is -2.39. The molecule has 1 amide bonds.